The number of rotatable bonds is 0. The number of benzene rings is 2. The quantitative estimate of drug-likeness (QED) is 0.255. The van der Waals surface area contributed by atoms with Crippen LogP contribution in [0.1, 0.15) is 33.6 Å². The predicted octanol–water partition coefficient (Wildman–Crippen LogP) is 7.87. The summed E-state index contributed by atoms with van der Waals surface area (Å²) in [7, 11) is 0. The van der Waals surface area contributed by atoms with Gasteiger partial charge in [0, 0.05) is 0 Å². The molecule has 0 spiro atoms. The van der Waals surface area contributed by atoms with Gasteiger partial charge in [0.15, 0.2) is 0 Å². The van der Waals surface area contributed by atoms with E-state index in [9.17, 15) is 8.78 Å². The molecule has 0 radical (unpaired) electrons. The second-order valence-corrected chi connectivity index (χ2v) is 17.8. The summed E-state index contributed by atoms with van der Waals surface area (Å²) in [4.78, 5) is 0. The molecule has 6 heteroatoms. The normalized spacial score (nSPS) is 12.6. The molecule has 2 aromatic carbocycles. The van der Waals surface area contributed by atoms with Crippen LogP contribution in [0.25, 0.3) is 0 Å². The van der Waals surface area contributed by atoms with E-state index in [0.29, 0.717) is 5.41 Å². The van der Waals surface area contributed by atoms with Crippen molar-refractivity contribution in [3.8, 4) is 11.5 Å². The molecular weight excluding hydrogens is 526 g/mol. The van der Waals surface area contributed by atoms with Crippen molar-refractivity contribution in [3.05, 3.63) is 108 Å². The SMILES string of the molecule is CC(C)(C)C1=CC[C-]=C1.C[Si](C)=[Zr+2].Oc1ccc(F)cc1.Oc1ccc(F)cc1.[C-]1=CC=CC1. The summed E-state index contributed by atoms with van der Waals surface area (Å²) in [5.74, 6) is -0.483. The van der Waals surface area contributed by atoms with Crippen LogP contribution in [0.5, 0.6) is 11.5 Å². The molecule has 2 nitrogen and oxygen atoms in total. The van der Waals surface area contributed by atoms with E-state index in [2.05, 4.69) is 64.2 Å². The van der Waals surface area contributed by atoms with Gasteiger partial charge in [-0.25, -0.2) is 27.0 Å². The zero-order valence-electron chi connectivity index (χ0n) is 20.6. The average molecular weight is 560 g/mol. The second kappa shape index (κ2) is 18.3. The molecule has 0 aromatic heterocycles. The van der Waals surface area contributed by atoms with Gasteiger partial charge in [0.1, 0.15) is 23.1 Å². The van der Waals surface area contributed by atoms with Crippen LogP contribution in [0.4, 0.5) is 8.78 Å². The third-order valence-corrected chi connectivity index (χ3v) is 3.80. The summed E-state index contributed by atoms with van der Waals surface area (Å²) < 4.78 is 24.0. The van der Waals surface area contributed by atoms with Gasteiger partial charge in [0.25, 0.3) is 0 Å². The second-order valence-electron chi connectivity index (χ2n) is 8.42. The number of hydrogen-bond donors (Lipinski definition) is 2. The van der Waals surface area contributed by atoms with Gasteiger partial charge in [0.05, 0.1) is 0 Å². The molecule has 0 saturated carbocycles. The smallest absolute Gasteiger partial charge is 0.123 e. The van der Waals surface area contributed by atoms with Crippen molar-refractivity contribution in [1.29, 1.82) is 0 Å². The van der Waals surface area contributed by atoms with E-state index in [0.717, 1.165) is 12.8 Å². The Hall–Kier alpha value is -2.04. The topological polar surface area (TPSA) is 40.5 Å². The van der Waals surface area contributed by atoms with Crippen LogP contribution in [0.15, 0.2) is 84.5 Å². The van der Waals surface area contributed by atoms with Crippen LogP contribution < -0.4 is 0 Å². The van der Waals surface area contributed by atoms with E-state index in [-0.39, 0.29) is 28.6 Å². The van der Waals surface area contributed by atoms with Crippen LogP contribution in [0.3, 0.4) is 0 Å². The molecule has 0 bridgehead atoms. The van der Waals surface area contributed by atoms with E-state index in [1.54, 1.807) is 23.3 Å². The molecule has 0 fully saturated rings. The molecular formula is C28H34F2O2SiZr. The van der Waals surface area contributed by atoms with Gasteiger partial charge in [-0.1, -0.05) is 26.2 Å². The standard InChI is InChI=1S/C9H13.2C6H5FO.C5H5.C2H6Si.Zr/c1-9(2,3)8-6-4-5-7-8;2*7-5-1-3-6(8)4-2-5;1-2-4-5-3-1;1-3-2;/h6-7H,4H2,1-3H3;2*1-4,8H;1-3H,4H2;1-2H3;/q-1;;;-1;;+2. The zero-order chi connectivity index (χ0) is 26.0. The molecule has 34 heavy (non-hydrogen) atoms. The molecule has 2 N–H and O–H groups in total. The first-order valence-corrected chi connectivity index (χ1v) is 17.0. The van der Waals surface area contributed by atoms with Crippen molar-refractivity contribution < 1.29 is 42.3 Å². The molecule has 2 aliphatic rings. The van der Waals surface area contributed by atoms with Crippen LogP contribution in [0.2, 0.25) is 13.1 Å². The van der Waals surface area contributed by atoms with E-state index in [1.165, 1.54) is 54.1 Å². The van der Waals surface area contributed by atoms with Gasteiger partial charge in [0.2, 0.25) is 0 Å². The number of halogens is 2. The Kier molecular flexibility index (Phi) is 17.2. The van der Waals surface area contributed by atoms with Crippen molar-refractivity contribution in [2.45, 2.75) is 46.7 Å². The van der Waals surface area contributed by atoms with Crippen molar-refractivity contribution in [1.82, 2.24) is 0 Å². The average Bonchev–Trinajstić information content (AvgIpc) is 3.49. The van der Waals surface area contributed by atoms with E-state index in [1.807, 2.05) is 12.2 Å². The summed E-state index contributed by atoms with van der Waals surface area (Å²) in [6.07, 6.45) is 18.5. The molecule has 0 heterocycles. The van der Waals surface area contributed by atoms with Crippen LogP contribution >= 0.6 is 0 Å². The number of phenols is 2. The van der Waals surface area contributed by atoms with E-state index in [4.69, 9.17) is 10.2 Å². The fourth-order valence-electron chi connectivity index (χ4n) is 2.14. The molecule has 0 aliphatic heterocycles. The summed E-state index contributed by atoms with van der Waals surface area (Å²) in [6, 6.07) is 10.0. The van der Waals surface area contributed by atoms with E-state index >= 15 is 0 Å². The minimum atomic E-state index is -0.331. The maximum absolute atomic E-state index is 12.0. The first-order chi connectivity index (χ1) is 15.9. The largest absolute Gasteiger partial charge is 0.508 e. The van der Waals surface area contributed by atoms with Crippen molar-refractivity contribution in [2.75, 3.05) is 0 Å². The van der Waals surface area contributed by atoms with Gasteiger partial charge in [-0.3, -0.25) is 12.2 Å². The maximum Gasteiger partial charge on any atom is 0.123 e. The van der Waals surface area contributed by atoms with Crippen LogP contribution in [-0.4, -0.2) is 15.6 Å². The third-order valence-electron chi connectivity index (χ3n) is 3.80. The van der Waals surface area contributed by atoms with Gasteiger partial charge < -0.3 is 10.2 Å². The van der Waals surface area contributed by atoms with Gasteiger partial charge in [-0.2, -0.15) is 17.7 Å². The van der Waals surface area contributed by atoms with Gasteiger partial charge >= 0.3 is 41.9 Å². The first kappa shape index (κ1) is 32.0. The molecule has 0 unspecified atom stereocenters. The number of allylic oxidation sites excluding steroid dienone is 8. The predicted molar refractivity (Wildman–Crippen MR) is 135 cm³/mol. The molecule has 180 valence electrons. The Morgan fingerprint density at radius 1 is 0.824 bits per heavy atom. The monoisotopic (exact) mass is 558 g/mol. The number of hydrogen-bond acceptors (Lipinski definition) is 2. The minimum Gasteiger partial charge on any atom is -0.508 e. The Labute approximate surface area is 218 Å². The Morgan fingerprint density at radius 3 is 1.44 bits per heavy atom. The van der Waals surface area contributed by atoms with Crippen LogP contribution in [-0.2, 0) is 23.3 Å². The van der Waals surface area contributed by atoms with Crippen molar-refractivity contribution in [3.63, 3.8) is 0 Å². The van der Waals surface area contributed by atoms with E-state index < -0.39 is 0 Å². The molecule has 0 saturated heterocycles. The van der Waals surface area contributed by atoms with Gasteiger partial charge in [-0.15, -0.1) is 12.8 Å². The first-order valence-electron chi connectivity index (χ1n) is 10.8. The number of aromatic hydroxyl groups is 2. The zero-order valence-corrected chi connectivity index (χ0v) is 24.0. The summed E-state index contributed by atoms with van der Waals surface area (Å²) in [5, 5.41) is 17.2. The summed E-state index contributed by atoms with van der Waals surface area (Å²) in [5.41, 5.74) is 1.95. The summed E-state index contributed by atoms with van der Waals surface area (Å²) >= 11 is 1.74. The maximum atomic E-state index is 12.0. The molecule has 0 atom stereocenters. The summed E-state index contributed by atoms with van der Waals surface area (Å²) in [6.45, 7) is 11.3. The third kappa shape index (κ3) is 19.4. The van der Waals surface area contributed by atoms with Gasteiger partial charge in [-0.05, 0) is 48.5 Å². The molecule has 2 aliphatic carbocycles. The molecule has 0 amide bonds. The Morgan fingerprint density at radius 2 is 1.26 bits per heavy atom. The van der Waals surface area contributed by atoms with Crippen molar-refractivity contribution in [2.24, 2.45) is 5.41 Å². The van der Waals surface area contributed by atoms with Crippen molar-refractivity contribution >= 4 is 5.43 Å². The fraction of sp³-hybridized carbons (Fsp3) is 0.286. The number of phenolic OH excluding ortho intramolecular Hbond substituents is 2. The Bertz CT molecular complexity index is 856. The fourth-order valence-corrected chi connectivity index (χ4v) is 2.14. The minimum absolute atomic E-state index is 0.0893. The molecule has 2 aromatic rings. The Balaban J connectivity index is 0.000000412. The van der Waals surface area contributed by atoms with Crippen LogP contribution in [0, 0.1) is 29.2 Å². The molecule has 4 rings (SSSR count).